The number of carbonyl (C=O) groups is 1. The summed E-state index contributed by atoms with van der Waals surface area (Å²) in [5.41, 5.74) is 0.742. The molecule has 1 heterocycles. The molecule has 0 spiro atoms. The Labute approximate surface area is 151 Å². The predicted octanol–water partition coefficient (Wildman–Crippen LogP) is 4.25. The van der Waals surface area contributed by atoms with Crippen molar-refractivity contribution in [3.63, 3.8) is 0 Å². The lowest BCUT2D eigenvalue weighted by molar-refractivity contribution is -0.113. The van der Waals surface area contributed by atoms with Crippen LogP contribution in [0.3, 0.4) is 0 Å². The maximum atomic E-state index is 12.1. The maximum absolute atomic E-state index is 12.1. The molecule has 0 unspecified atom stereocenters. The van der Waals surface area contributed by atoms with Crippen molar-refractivity contribution in [2.45, 2.75) is 43.2 Å². The van der Waals surface area contributed by atoms with Crippen LogP contribution in [0.15, 0.2) is 29.4 Å². The molecule has 128 valence electrons. The number of nitrogens with zero attached hydrogens (tertiary/aromatic N) is 3. The van der Waals surface area contributed by atoms with Gasteiger partial charge in [-0.3, -0.25) is 4.79 Å². The Hall–Kier alpha value is -1.53. The quantitative estimate of drug-likeness (QED) is 0.806. The Morgan fingerprint density at radius 3 is 2.67 bits per heavy atom. The monoisotopic (exact) mass is 364 g/mol. The van der Waals surface area contributed by atoms with Gasteiger partial charge < -0.3 is 9.88 Å². The van der Waals surface area contributed by atoms with Gasteiger partial charge in [0.15, 0.2) is 5.16 Å². The number of amides is 1. The summed E-state index contributed by atoms with van der Waals surface area (Å²) in [6.45, 7) is 0. The number of hydrogen-bond donors (Lipinski definition) is 1. The summed E-state index contributed by atoms with van der Waals surface area (Å²) >= 11 is 7.25. The number of carbonyl (C=O) groups excluding carboxylic acids is 1. The van der Waals surface area contributed by atoms with Gasteiger partial charge in [-0.05, 0) is 37.1 Å². The molecule has 1 N–H and O–H groups in total. The van der Waals surface area contributed by atoms with Crippen LogP contribution in [0.4, 0.5) is 5.69 Å². The van der Waals surface area contributed by atoms with Gasteiger partial charge in [0, 0.05) is 23.7 Å². The first-order valence-corrected chi connectivity index (χ1v) is 9.57. The zero-order chi connectivity index (χ0) is 16.9. The fraction of sp³-hybridized carbons (Fsp3) is 0.471. The number of hydrogen-bond acceptors (Lipinski definition) is 4. The van der Waals surface area contributed by atoms with Gasteiger partial charge in [0.2, 0.25) is 5.91 Å². The van der Waals surface area contributed by atoms with E-state index in [4.69, 9.17) is 11.6 Å². The minimum absolute atomic E-state index is 0.0652. The summed E-state index contributed by atoms with van der Waals surface area (Å²) in [4.78, 5) is 12.1. The fourth-order valence-electron chi connectivity index (χ4n) is 3.03. The first-order valence-electron chi connectivity index (χ1n) is 8.21. The van der Waals surface area contributed by atoms with Crippen molar-refractivity contribution in [2.75, 3.05) is 11.1 Å². The van der Waals surface area contributed by atoms with Crippen LogP contribution >= 0.6 is 23.4 Å². The molecule has 2 aromatic rings. The number of nitrogens with one attached hydrogen (secondary N) is 1. The molecule has 24 heavy (non-hydrogen) atoms. The minimum Gasteiger partial charge on any atom is -0.325 e. The van der Waals surface area contributed by atoms with Gasteiger partial charge in [0.25, 0.3) is 0 Å². The molecule has 1 aromatic heterocycles. The molecule has 1 aliphatic carbocycles. The number of thioether (sulfide) groups is 1. The highest BCUT2D eigenvalue weighted by Gasteiger charge is 2.22. The van der Waals surface area contributed by atoms with Crippen molar-refractivity contribution >= 4 is 35.0 Å². The van der Waals surface area contributed by atoms with Crippen LogP contribution in [0, 0.1) is 0 Å². The highest BCUT2D eigenvalue weighted by molar-refractivity contribution is 7.99. The van der Waals surface area contributed by atoms with Crippen molar-refractivity contribution < 1.29 is 4.79 Å². The number of rotatable bonds is 5. The number of aromatic nitrogens is 3. The second kappa shape index (κ2) is 8.03. The van der Waals surface area contributed by atoms with Gasteiger partial charge in [-0.25, -0.2) is 0 Å². The summed E-state index contributed by atoms with van der Waals surface area (Å²) in [5, 5.41) is 12.9. The Morgan fingerprint density at radius 1 is 1.25 bits per heavy atom. The lowest BCUT2D eigenvalue weighted by Crippen LogP contribution is -2.14. The zero-order valence-electron chi connectivity index (χ0n) is 13.7. The van der Waals surface area contributed by atoms with E-state index < -0.39 is 0 Å². The average molecular weight is 365 g/mol. The van der Waals surface area contributed by atoms with E-state index >= 15 is 0 Å². The third-order valence-corrected chi connectivity index (χ3v) is 5.57. The lowest BCUT2D eigenvalue weighted by Gasteiger charge is -2.20. The van der Waals surface area contributed by atoms with E-state index in [2.05, 4.69) is 15.5 Å². The Morgan fingerprint density at radius 2 is 1.96 bits per heavy atom. The molecule has 0 radical (unpaired) electrons. The molecule has 0 atom stereocenters. The van der Waals surface area contributed by atoms with Gasteiger partial charge in [0.05, 0.1) is 5.75 Å². The molecule has 5 nitrogen and oxygen atoms in total. The Balaban J connectivity index is 1.55. The Bertz CT molecular complexity index is 695. The van der Waals surface area contributed by atoms with E-state index in [1.54, 1.807) is 24.3 Å². The summed E-state index contributed by atoms with van der Waals surface area (Å²) in [6.07, 6.45) is 6.23. The van der Waals surface area contributed by atoms with Crippen LogP contribution in [0.25, 0.3) is 0 Å². The molecule has 0 saturated heterocycles. The third kappa shape index (κ3) is 4.30. The smallest absolute Gasteiger partial charge is 0.234 e. The van der Waals surface area contributed by atoms with Gasteiger partial charge in [-0.1, -0.05) is 42.6 Å². The topological polar surface area (TPSA) is 59.8 Å². The molecule has 0 aliphatic heterocycles. The molecule has 1 saturated carbocycles. The van der Waals surface area contributed by atoms with E-state index in [1.165, 1.54) is 43.9 Å². The van der Waals surface area contributed by atoms with E-state index in [0.29, 0.717) is 16.7 Å². The highest BCUT2D eigenvalue weighted by Crippen LogP contribution is 2.32. The minimum atomic E-state index is -0.0652. The first-order chi connectivity index (χ1) is 11.6. The highest BCUT2D eigenvalue weighted by atomic mass is 35.5. The van der Waals surface area contributed by atoms with E-state index in [-0.39, 0.29) is 5.91 Å². The van der Waals surface area contributed by atoms with Gasteiger partial charge in [-0.2, -0.15) is 0 Å². The molecule has 3 rings (SSSR count). The van der Waals surface area contributed by atoms with Crippen LogP contribution in [0.5, 0.6) is 0 Å². The zero-order valence-corrected chi connectivity index (χ0v) is 15.2. The molecule has 1 fully saturated rings. The SMILES string of the molecule is Cn1c(SCC(=O)Nc2ccc(Cl)cc2)nnc1C1CCCCC1. The summed E-state index contributed by atoms with van der Waals surface area (Å²) in [7, 11) is 1.99. The van der Waals surface area contributed by atoms with E-state index in [9.17, 15) is 4.79 Å². The molecular weight excluding hydrogens is 344 g/mol. The fourth-order valence-corrected chi connectivity index (χ4v) is 3.87. The maximum Gasteiger partial charge on any atom is 0.234 e. The van der Waals surface area contributed by atoms with Gasteiger partial charge >= 0.3 is 0 Å². The van der Waals surface area contributed by atoms with Crippen molar-refractivity contribution in [3.05, 3.63) is 35.1 Å². The van der Waals surface area contributed by atoms with E-state index in [0.717, 1.165) is 16.7 Å². The normalized spacial score (nSPS) is 15.4. The van der Waals surface area contributed by atoms with Gasteiger partial charge in [-0.15, -0.1) is 10.2 Å². The molecule has 1 aromatic carbocycles. The molecule has 1 aliphatic rings. The molecule has 7 heteroatoms. The van der Waals surface area contributed by atoms with Crippen LogP contribution in [-0.4, -0.2) is 26.4 Å². The second-order valence-corrected chi connectivity index (χ2v) is 7.46. The number of anilines is 1. The Kier molecular flexibility index (Phi) is 5.79. The van der Waals surface area contributed by atoms with Gasteiger partial charge in [0.1, 0.15) is 5.82 Å². The van der Waals surface area contributed by atoms with Crippen LogP contribution in [-0.2, 0) is 11.8 Å². The van der Waals surface area contributed by atoms with Crippen LogP contribution < -0.4 is 5.32 Å². The van der Waals surface area contributed by atoms with Crippen LogP contribution in [0.1, 0.15) is 43.8 Å². The summed E-state index contributed by atoms with van der Waals surface area (Å²) in [6, 6.07) is 7.08. The standard InChI is InChI=1S/C17H21ClN4OS/c1-22-16(12-5-3-2-4-6-12)20-21-17(22)24-11-15(23)19-14-9-7-13(18)8-10-14/h7-10,12H,2-6,11H2,1H3,(H,19,23). The van der Waals surface area contributed by atoms with Crippen molar-refractivity contribution in [1.29, 1.82) is 0 Å². The predicted molar refractivity (Wildman–Crippen MR) is 97.6 cm³/mol. The summed E-state index contributed by atoms with van der Waals surface area (Å²) < 4.78 is 2.04. The number of benzene rings is 1. The molecular formula is C17H21ClN4OS. The van der Waals surface area contributed by atoms with Crippen molar-refractivity contribution in [3.8, 4) is 0 Å². The first kappa shape index (κ1) is 17.3. The largest absolute Gasteiger partial charge is 0.325 e. The van der Waals surface area contributed by atoms with Crippen molar-refractivity contribution in [2.24, 2.45) is 7.05 Å². The average Bonchev–Trinajstić information content (AvgIpc) is 2.97. The van der Waals surface area contributed by atoms with Crippen LogP contribution in [0.2, 0.25) is 5.02 Å². The number of halogens is 1. The lowest BCUT2D eigenvalue weighted by atomic mass is 9.89. The van der Waals surface area contributed by atoms with Crippen molar-refractivity contribution in [1.82, 2.24) is 14.8 Å². The molecule has 1 amide bonds. The van der Waals surface area contributed by atoms with E-state index in [1.807, 2.05) is 11.6 Å². The summed E-state index contributed by atoms with van der Waals surface area (Å²) in [5.74, 6) is 1.80. The second-order valence-electron chi connectivity index (χ2n) is 6.08. The molecule has 0 bridgehead atoms. The third-order valence-electron chi connectivity index (χ3n) is 4.30.